The number of benzene rings is 3. The van der Waals surface area contributed by atoms with E-state index in [1.807, 2.05) is 36.7 Å². The van der Waals surface area contributed by atoms with Crippen molar-refractivity contribution in [1.82, 2.24) is 4.57 Å². The van der Waals surface area contributed by atoms with E-state index >= 15 is 0 Å². The van der Waals surface area contributed by atoms with E-state index in [9.17, 15) is 13.2 Å². The molecule has 9 heteroatoms. The quantitative estimate of drug-likeness (QED) is 0.461. The molecule has 164 valence electrons. The fourth-order valence-electron chi connectivity index (χ4n) is 3.19. The van der Waals surface area contributed by atoms with Crippen LogP contribution in [0.1, 0.15) is 17.3 Å². The summed E-state index contributed by atoms with van der Waals surface area (Å²) in [5.74, 6) is 0.329. The average Bonchev–Trinajstić information content (AvgIpc) is 3.11. The molecule has 0 aliphatic heterocycles. The van der Waals surface area contributed by atoms with Gasteiger partial charge in [-0.05, 0) is 55.5 Å². The molecular formula is C23H21N3O4S2. The van der Waals surface area contributed by atoms with Gasteiger partial charge in [0.2, 0.25) is 0 Å². The lowest BCUT2D eigenvalue weighted by molar-refractivity contribution is 0.0998. The van der Waals surface area contributed by atoms with E-state index in [1.165, 1.54) is 23.5 Å². The zero-order valence-corrected chi connectivity index (χ0v) is 19.1. The van der Waals surface area contributed by atoms with Crippen LogP contribution in [0.25, 0.3) is 10.2 Å². The number of amides is 1. The molecule has 1 aromatic heterocycles. The lowest BCUT2D eigenvalue weighted by Gasteiger charge is -2.08. The normalized spacial score (nSPS) is 12.1. The van der Waals surface area contributed by atoms with Gasteiger partial charge in [-0.25, -0.2) is 8.42 Å². The Hall–Kier alpha value is -3.43. The molecule has 0 atom stereocenters. The number of aromatic nitrogens is 1. The van der Waals surface area contributed by atoms with E-state index in [4.69, 9.17) is 4.74 Å². The highest BCUT2D eigenvalue weighted by molar-refractivity contribution is 7.92. The molecule has 0 radical (unpaired) electrons. The van der Waals surface area contributed by atoms with Crippen molar-refractivity contribution in [3.63, 3.8) is 0 Å². The molecule has 4 aromatic rings. The molecule has 0 aliphatic carbocycles. The first kappa shape index (κ1) is 21.8. The van der Waals surface area contributed by atoms with Gasteiger partial charge in [-0.3, -0.25) is 9.52 Å². The maximum atomic E-state index is 12.7. The monoisotopic (exact) mass is 467 g/mol. The molecule has 0 bridgehead atoms. The SMILES string of the molecule is CCOc1cccc2sc(=NC(=O)c3ccc(NS(=O)(=O)c4ccccc4)cc3)n(C)c12. The maximum absolute atomic E-state index is 12.7. The highest BCUT2D eigenvalue weighted by atomic mass is 32.2. The molecule has 0 spiro atoms. The van der Waals surface area contributed by atoms with Crippen LogP contribution in [0.4, 0.5) is 5.69 Å². The van der Waals surface area contributed by atoms with Gasteiger partial charge in [0.05, 0.1) is 16.2 Å². The van der Waals surface area contributed by atoms with Gasteiger partial charge in [0.25, 0.3) is 15.9 Å². The third-order valence-electron chi connectivity index (χ3n) is 4.72. The summed E-state index contributed by atoms with van der Waals surface area (Å²) >= 11 is 1.40. The van der Waals surface area contributed by atoms with E-state index in [2.05, 4.69) is 9.71 Å². The number of sulfonamides is 1. The average molecular weight is 468 g/mol. The fourth-order valence-corrected chi connectivity index (χ4v) is 5.31. The number of fused-ring (bicyclic) bond motifs is 1. The third-order valence-corrected chi connectivity index (χ3v) is 7.21. The Morgan fingerprint density at radius 1 is 1.03 bits per heavy atom. The Bertz CT molecular complexity index is 1440. The molecule has 0 aliphatic rings. The first-order chi connectivity index (χ1) is 15.4. The van der Waals surface area contributed by atoms with Crippen LogP contribution in [0.2, 0.25) is 0 Å². The zero-order chi connectivity index (χ0) is 22.7. The molecule has 7 nitrogen and oxygen atoms in total. The predicted molar refractivity (Wildman–Crippen MR) is 126 cm³/mol. The number of carbonyl (C=O) groups excluding carboxylic acids is 1. The summed E-state index contributed by atoms with van der Waals surface area (Å²) < 4.78 is 35.9. The highest BCUT2D eigenvalue weighted by Gasteiger charge is 2.14. The number of nitrogens with one attached hydrogen (secondary N) is 1. The van der Waals surface area contributed by atoms with Gasteiger partial charge >= 0.3 is 0 Å². The number of anilines is 1. The number of thiazole rings is 1. The molecule has 1 N–H and O–H groups in total. The molecule has 0 saturated heterocycles. The summed E-state index contributed by atoms with van der Waals surface area (Å²) in [5.41, 5.74) is 1.60. The smallest absolute Gasteiger partial charge is 0.279 e. The van der Waals surface area contributed by atoms with Crippen molar-refractivity contribution in [2.45, 2.75) is 11.8 Å². The van der Waals surface area contributed by atoms with Crippen molar-refractivity contribution in [2.75, 3.05) is 11.3 Å². The van der Waals surface area contributed by atoms with Crippen molar-refractivity contribution in [3.8, 4) is 5.75 Å². The van der Waals surface area contributed by atoms with Gasteiger partial charge in [0.1, 0.15) is 11.3 Å². The number of para-hydroxylation sites is 1. The van der Waals surface area contributed by atoms with Gasteiger partial charge in [0.15, 0.2) is 4.80 Å². The second-order valence-corrected chi connectivity index (χ2v) is 9.58. The van der Waals surface area contributed by atoms with Crippen molar-refractivity contribution in [2.24, 2.45) is 12.0 Å². The number of aryl methyl sites for hydroxylation is 1. The number of ether oxygens (including phenoxy) is 1. The topological polar surface area (TPSA) is 89.8 Å². The Labute approximate surface area is 189 Å². The van der Waals surface area contributed by atoms with Gasteiger partial charge in [-0.1, -0.05) is 35.6 Å². The standard InChI is InChI=1S/C23H21N3O4S2/c1-3-30-19-10-7-11-20-21(19)26(2)23(31-20)24-22(27)16-12-14-17(15-13-16)25-32(28,29)18-8-5-4-6-9-18/h4-15,25H,3H2,1-2H3. The molecule has 0 fully saturated rings. The minimum Gasteiger partial charge on any atom is -0.492 e. The molecular weight excluding hydrogens is 446 g/mol. The van der Waals surface area contributed by atoms with Crippen LogP contribution in [0.15, 0.2) is 82.7 Å². The Kier molecular flexibility index (Phi) is 6.11. The molecule has 3 aromatic carbocycles. The first-order valence-corrected chi connectivity index (χ1v) is 12.2. The largest absolute Gasteiger partial charge is 0.492 e. The van der Waals surface area contributed by atoms with E-state index in [0.29, 0.717) is 22.7 Å². The van der Waals surface area contributed by atoms with E-state index < -0.39 is 15.9 Å². The van der Waals surface area contributed by atoms with Crippen LogP contribution in [0, 0.1) is 0 Å². The first-order valence-electron chi connectivity index (χ1n) is 9.87. The van der Waals surface area contributed by atoms with Crippen LogP contribution in [0.5, 0.6) is 5.75 Å². The number of nitrogens with zero attached hydrogens (tertiary/aromatic N) is 2. The Balaban J connectivity index is 1.59. The van der Waals surface area contributed by atoms with Crippen molar-refractivity contribution in [1.29, 1.82) is 0 Å². The lowest BCUT2D eigenvalue weighted by Crippen LogP contribution is -2.14. The minimum atomic E-state index is -3.70. The summed E-state index contributed by atoms with van der Waals surface area (Å²) in [6, 6.07) is 20.0. The number of hydrogen-bond donors (Lipinski definition) is 1. The van der Waals surface area contributed by atoms with Crippen LogP contribution < -0.4 is 14.3 Å². The second kappa shape index (κ2) is 8.97. The van der Waals surface area contributed by atoms with Gasteiger partial charge < -0.3 is 9.30 Å². The molecule has 1 heterocycles. The zero-order valence-electron chi connectivity index (χ0n) is 17.5. The number of hydrogen-bond acceptors (Lipinski definition) is 5. The summed E-state index contributed by atoms with van der Waals surface area (Å²) in [7, 11) is -1.85. The van der Waals surface area contributed by atoms with E-state index in [-0.39, 0.29) is 4.90 Å². The predicted octanol–water partition coefficient (Wildman–Crippen LogP) is 4.18. The molecule has 0 saturated carbocycles. The van der Waals surface area contributed by atoms with Crippen LogP contribution in [0.3, 0.4) is 0 Å². The van der Waals surface area contributed by atoms with Crippen LogP contribution >= 0.6 is 11.3 Å². The van der Waals surface area contributed by atoms with Crippen molar-refractivity contribution >= 4 is 43.2 Å². The van der Waals surface area contributed by atoms with Crippen molar-refractivity contribution < 1.29 is 17.9 Å². The fraction of sp³-hybridized carbons (Fsp3) is 0.130. The number of carbonyl (C=O) groups is 1. The minimum absolute atomic E-state index is 0.166. The molecule has 4 rings (SSSR count). The van der Waals surface area contributed by atoms with Gasteiger partial charge in [-0.2, -0.15) is 4.99 Å². The van der Waals surface area contributed by atoms with Gasteiger partial charge in [0, 0.05) is 18.3 Å². The second-order valence-electron chi connectivity index (χ2n) is 6.89. The summed E-state index contributed by atoms with van der Waals surface area (Å²) in [6.45, 7) is 2.46. The molecule has 32 heavy (non-hydrogen) atoms. The van der Waals surface area contributed by atoms with Crippen LogP contribution in [-0.2, 0) is 17.1 Å². The Morgan fingerprint density at radius 3 is 2.44 bits per heavy atom. The molecule has 0 unspecified atom stereocenters. The highest BCUT2D eigenvalue weighted by Crippen LogP contribution is 2.27. The summed E-state index contributed by atoms with van der Waals surface area (Å²) in [5, 5.41) is 0. The van der Waals surface area contributed by atoms with Crippen molar-refractivity contribution in [3.05, 3.63) is 83.2 Å². The molecule has 1 amide bonds. The lowest BCUT2D eigenvalue weighted by atomic mass is 10.2. The van der Waals surface area contributed by atoms with Gasteiger partial charge in [-0.15, -0.1) is 0 Å². The third kappa shape index (κ3) is 4.44. The van der Waals surface area contributed by atoms with E-state index in [1.54, 1.807) is 42.5 Å². The van der Waals surface area contributed by atoms with E-state index in [0.717, 1.165) is 16.0 Å². The summed E-state index contributed by atoms with van der Waals surface area (Å²) in [6.07, 6.45) is 0. The maximum Gasteiger partial charge on any atom is 0.279 e. The Morgan fingerprint density at radius 2 is 1.75 bits per heavy atom. The summed E-state index contributed by atoms with van der Waals surface area (Å²) in [4.78, 5) is 17.7. The number of rotatable bonds is 6. The van der Waals surface area contributed by atoms with Crippen LogP contribution in [-0.4, -0.2) is 25.5 Å².